The molecule has 3 aliphatic rings. The molecule has 6 nitrogen and oxygen atoms in total. The molecule has 1 N–H and O–H groups in total. The van der Waals surface area contributed by atoms with Gasteiger partial charge in [-0.3, -0.25) is 0 Å². The van der Waals surface area contributed by atoms with Crippen LogP contribution in [0.15, 0.2) is 12.3 Å². The molecule has 1 aliphatic carbocycles. The standard InChI is InChI=1S/C16H23N5O/c1-10(2)21-13-6-8-20(9-12(13)18-16(21)22)14-5-7-17-15(19-14)11-3-4-11/h5,7,10-13H,3-4,6,8-9H2,1-2H3,(H,18,22)/t12-,13+/m1/s1. The van der Waals surface area contributed by atoms with E-state index in [1.54, 1.807) is 0 Å². The Balaban J connectivity index is 1.51. The second kappa shape index (κ2) is 5.11. The maximum Gasteiger partial charge on any atom is 0.318 e. The van der Waals surface area contributed by atoms with E-state index in [2.05, 4.69) is 29.0 Å². The normalized spacial score (nSPS) is 28.0. The van der Waals surface area contributed by atoms with Gasteiger partial charge in [0.2, 0.25) is 0 Å². The van der Waals surface area contributed by atoms with E-state index in [1.807, 2.05) is 17.2 Å². The molecule has 2 atom stereocenters. The number of nitrogens with one attached hydrogen (secondary N) is 1. The van der Waals surface area contributed by atoms with Crippen LogP contribution in [0.2, 0.25) is 0 Å². The molecule has 0 radical (unpaired) electrons. The largest absolute Gasteiger partial charge is 0.354 e. The summed E-state index contributed by atoms with van der Waals surface area (Å²) >= 11 is 0. The van der Waals surface area contributed by atoms with Crippen molar-refractivity contribution in [1.29, 1.82) is 0 Å². The van der Waals surface area contributed by atoms with Crippen LogP contribution < -0.4 is 10.2 Å². The molecule has 22 heavy (non-hydrogen) atoms. The SMILES string of the molecule is CC(C)N1C(=O)N[C@@H]2CN(c3ccnc(C4CC4)n3)CC[C@@H]21. The molecule has 0 unspecified atom stereocenters. The second-order valence-corrected chi connectivity index (χ2v) is 6.91. The third-order valence-electron chi connectivity index (χ3n) is 4.96. The fourth-order valence-electron chi connectivity index (χ4n) is 3.70. The molecular formula is C16H23N5O. The average Bonchev–Trinajstić information content (AvgIpc) is 3.29. The number of piperidine rings is 1. The van der Waals surface area contributed by atoms with E-state index < -0.39 is 0 Å². The van der Waals surface area contributed by atoms with Crippen molar-refractivity contribution in [3.05, 3.63) is 18.1 Å². The van der Waals surface area contributed by atoms with E-state index >= 15 is 0 Å². The highest BCUT2D eigenvalue weighted by atomic mass is 16.2. The van der Waals surface area contributed by atoms with Crippen LogP contribution in [0.1, 0.15) is 44.9 Å². The fourth-order valence-corrected chi connectivity index (χ4v) is 3.70. The first-order valence-corrected chi connectivity index (χ1v) is 8.30. The van der Waals surface area contributed by atoms with Crippen LogP contribution in [0.5, 0.6) is 0 Å². The van der Waals surface area contributed by atoms with E-state index in [4.69, 9.17) is 4.98 Å². The van der Waals surface area contributed by atoms with Crippen molar-refractivity contribution in [1.82, 2.24) is 20.2 Å². The Kier molecular flexibility index (Phi) is 3.20. The van der Waals surface area contributed by atoms with Crippen molar-refractivity contribution in [2.45, 2.75) is 57.2 Å². The molecule has 118 valence electrons. The lowest BCUT2D eigenvalue weighted by atomic mass is 9.99. The second-order valence-electron chi connectivity index (χ2n) is 6.91. The van der Waals surface area contributed by atoms with Crippen molar-refractivity contribution in [3.63, 3.8) is 0 Å². The summed E-state index contributed by atoms with van der Waals surface area (Å²) in [5.74, 6) is 2.56. The van der Waals surface area contributed by atoms with Gasteiger partial charge in [0.1, 0.15) is 11.6 Å². The van der Waals surface area contributed by atoms with E-state index in [0.717, 1.165) is 31.2 Å². The number of nitrogens with zero attached hydrogens (tertiary/aromatic N) is 4. The minimum atomic E-state index is 0.0770. The van der Waals surface area contributed by atoms with Gasteiger partial charge in [-0.05, 0) is 39.2 Å². The number of hydrogen-bond acceptors (Lipinski definition) is 4. The van der Waals surface area contributed by atoms with Crippen LogP contribution in [-0.2, 0) is 0 Å². The molecular weight excluding hydrogens is 278 g/mol. The molecule has 2 amide bonds. The van der Waals surface area contributed by atoms with E-state index in [9.17, 15) is 4.79 Å². The molecule has 0 aromatic carbocycles. The van der Waals surface area contributed by atoms with Gasteiger partial charge in [0.15, 0.2) is 0 Å². The fraction of sp³-hybridized carbons (Fsp3) is 0.688. The Hall–Kier alpha value is -1.85. The summed E-state index contributed by atoms with van der Waals surface area (Å²) in [7, 11) is 0. The molecule has 1 saturated carbocycles. The predicted octanol–water partition coefficient (Wildman–Crippen LogP) is 1.73. The molecule has 2 saturated heterocycles. The van der Waals surface area contributed by atoms with Crippen LogP contribution in [0.3, 0.4) is 0 Å². The first-order chi connectivity index (χ1) is 10.6. The number of anilines is 1. The molecule has 1 aromatic rings. The number of fused-ring (bicyclic) bond motifs is 1. The highest BCUT2D eigenvalue weighted by Gasteiger charge is 2.43. The summed E-state index contributed by atoms with van der Waals surface area (Å²) in [5, 5.41) is 3.14. The molecule has 1 aromatic heterocycles. The molecule has 4 rings (SSSR count). The zero-order valence-electron chi connectivity index (χ0n) is 13.2. The van der Waals surface area contributed by atoms with Crippen LogP contribution in [0.4, 0.5) is 10.6 Å². The van der Waals surface area contributed by atoms with Crippen molar-refractivity contribution < 1.29 is 4.79 Å². The minimum Gasteiger partial charge on any atom is -0.354 e. The Morgan fingerprint density at radius 1 is 1.32 bits per heavy atom. The van der Waals surface area contributed by atoms with E-state index in [-0.39, 0.29) is 18.1 Å². The lowest BCUT2D eigenvalue weighted by Crippen LogP contribution is -2.52. The summed E-state index contributed by atoms with van der Waals surface area (Å²) in [6.45, 7) is 5.95. The van der Waals surface area contributed by atoms with Crippen molar-refractivity contribution in [3.8, 4) is 0 Å². The smallest absolute Gasteiger partial charge is 0.318 e. The Morgan fingerprint density at radius 2 is 2.14 bits per heavy atom. The minimum absolute atomic E-state index is 0.0770. The van der Waals surface area contributed by atoms with Gasteiger partial charge in [-0.25, -0.2) is 14.8 Å². The Morgan fingerprint density at radius 3 is 2.86 bits per heavy atom. The Labute approximate surface area is 130 Å². The number of urea groups is 1. The quantitative estimate of drug-likeness (QED) is 0.923. The maximum atomic E-state index is 12.1. The van der Waals surface area contributed by atoms with Crippen molar-refractivity contribution >= 4 is 11.8 Å². The molecule has 2 aliphatic heterocycles. The highest BCUT2D eigenvalue weighted by Crippen LogP contribution is 2.38. The number of amides is 2. The molecule has 3 heterocycles. The summed E-state index contributed by atoms with van der Waals surface area (Å²) in [6.07, 6.45) is 5.29. The van der Waals surface area contributed by atoms with Gasteiger partial charge < -0.3 is 15.1 Å². The van der Waals surface area contributed by atoms with Crippen LogP contribution in [0, 0.1) is 0 Å². The van der Waals surface area contributed by atoms with Gasteiger partial charge in [0.25, 0.3) is 0 Å². The van der Waals surface area contributed by atoms with E-state index in [0.29, 0.717) is 12.0 Å². The topological polar surface area (TPSA) is 61.4 Å². The zero-order valence-corrected chi connectivity index (χ0v) is 13.2. The van der Waals surface area contributed by atoms with E-state index in [1.165, 1.54) is 12.8 Å². The van der Waals surface area contributed by atoms with Gasteiger partial charge in [0, 0.05) is 31.2 Å². The number of aromatic nitrogens is 2. The Bertz CT molecular complexity index is 586. The van der Waals surface area contributed by atoms with Crippen molar-refractivity contribution in [2.24, 2.45) is 0 Å². The van der Waals surface area contributed by atoms with Crippen LogP contribution in [0.25, 0.3) is 0 Å². The third kappa shape index (κ3) is 2.30. The predicted molar refractivity (Wildman–Crippen MR) is 83.9 cm³/mol. The highest BCUT2D eigenvalue weighted by molar-refractivity contribution is 5.78. The van der Waals surface area contributed by atoms with Gasteiger partial charge in [-0.2, -0.15) is 0 Å². The molecule has 6 heteroatoms. The maximum absolute atomic E-state index is 12.1. The zero-order chi connectivity index (χ0) is 15.3. The van der Waals surface area contributed by atoms with Gasteiger partial charge >= 0.3 is 6.03 Å². The summed E-state index contributed by atoms with van der Waals surface area (Å²) < 4.78 is 0. The van der Waals surface area contributed by atoms with Gasteiger partial charge in [0.05, 0.1) is 12.1 Å². The lowest BCUT2D eigenvalue weighted by molar-refractivity contribution is 0.175. The molecule has 0 bridgehead atoms. The first-order valence-electron chi connectivity index (χ1n) is 8.30. The first kappa shape index (κ1) is 13.8. The lowest BCUT2D eigenvalue weighted by Gasteiger charge is -2.38. The number of carbonyl (C=O) groups excluding carboxylic acids is 1. The average molecular weight is 301 g/mol. The van der Waals surface area contributed by atoms with Gasteiger partial charge in [-0.15, -0.1) is 0 Å². The summed E-state index contributed by atoms with van der Waals surface area (Å²) in [4.78, 5) is 25.6. The summed E-state index contributed by atoms with van der Waals surface area (Å²) in [6, 6.07) is 2.83. The van der Waals surface area contributed by atoms with Gasteiger partial charge in [-0.1, -0.05) is 0 Å². The molecule has 3 fully saturated rings. The number of hydrogen-bond donors (Lipinski definition) is 1. The monoisotopic (exact) mass is 301 g/mol. The number of carbonyl (C=O) groups is 1. The third-order valence-corrected chi connectivity index (χ3v) is 4.96. The number of rotatable bonds is 3. The van der Waals surface area contributed by atoms with Crippen LogP contribution >= 0.6 is 0 Å². The summed E-state index contributed by atoms with van der Waals surface area (Å²) in [5.41, 5.74) is 0. The van der Waals surface area contributed by atoms with Crippen LogP contribution in [-0.4, -0.2) is 52.1 Å². The molecule has 0 spiro atoms. The van der Waals surface area contributed by atoms with Crippen molar-refractivity contribution in [2.75, 3.05) is 18.0 Å².